The molecule has 0 aliphatic carbocycles. The first-order chi connectivity index (χ1) is 9.24. The van der Waals surface area contributed by atoms with Crippen LogP contribution in [0.15, 0.2) is 6.07 Å². The summed E-state index contributed by atoms with van der Waals surface area (Å²) in [5.74, 6) is 0.946. The van der Waals surface area contributed by atoms with Gasteiger partial charge in [0.15, 0.2) is 5.82 Å². The number of ether oxygens (including phenoxy) is 1. The number of aryl methyl sites for hydroxylation is 1. The number of hydrogen-bond donors (Lipinski definition) is 0. The molecule has 104 valence electrons. The van der Waals surface area contributed by atoms with Crippen LogP contribution in [0.4, 0.5) is 5.82 Å². The van der Waals surface area contributed by atoms with Gasteiger partial charge in [-0.3, -0.25) is 0 Å². The molecule has 4 nitrogen and oxygen atoms in total. The normalized spacial score (nSPS) is 15.3. The van der Waals surface area contributed by atoms with Crippen molar-refractivity contribution in [3.63, 3.8) is 0 Å². The summed E-state index contributed by atoms with van der Waals surface area (Å²) in [5, 5.41) is 0.316. The molecule has 0 saturated carbocycles. The molecule has 0 atom stereocenters. The van der Waals surface area contributed by atoms with E-state index in [9.17, 15) is 0 Å². The summed E-state index contributed by atoms with van der Waals surface area (Å²) in [6.45, 7) is 9.28. The van der Waals surface area contributed by atoms with Gasteiger partial charge < -0.3 is 9.64 Å². The van der Waals surface area contributed by atoms with E-state index in [2.05, 4.69) is 27.9 Å². The Morgan fingerprint density at radius 1 is 1.26 bits per heavy atom. The van der Waals surface area contributed by atoms with Gasteiger partial charge in [0.25, 0.3) is 0 Å². The molecule has 1 aliphatic heterocycles. The summed E-state index contributed by atoms with van der Waals surface area (Å²) in [4.78, 5) is 12.1. The largest absolute Gasteiger partial charge is 0.378 e. The molecule has 0 amide bonds. The lowest BCUT2D eigenvalue weighted by molar-refractivity contribution is 0.122. The lowest BCUT2D eigenvalue weighted by Crippen LogP contribution is -2.36. The molecule has 3 heterocycles. The van der Waals surface area contributed by atoms with Gasteiger partial charge in [0.1, 0.15) is 0 Å². The summed E-state index contributed by atoms with van der Waals surface area (Å²) in [7, 11) is 0. The molecule has 0 bridgehead atoms. The summed E-state index contributed by atoms with van der Waals surface area (Å²) >= 11 is 7.69. The highest BCUT2D eigenvalue weighted by Gasteiger charge is 2.18. The van der Waals surface area contributed by atoms with Gasteiger partial charge in [0.05, 0.1) is 23.4 Å². The highest BCUT2D eigenvalue weighted by atomic mass is 35.5. The zero-order chi connectivity index (χ0) is 13.8. The fraction of sp³-hybridized carbons (Fsp3) is 0.538. The number of aromatic nitrogens is 2. The molecule has 0 aromatic carbocycles. The summed E-state index contributed by atoms with van der Waals surface area (Å²) in [6.07, 6.45) is 0. The quantitative estimate of drug-likeness (QED) is 0.755. The second kappa shape index (κ2) is 6.50. The molecule has 1 aliphatic rings. The molecule has 19 heavy (non-hydrogen) atoms. The van der Waals surface area contributed by atoms with Crippen molar-refractivity contribution in [3.05, 3.63) is 16.2 Å². The molecule has 0 spiro atoms. The maximum Gasteiger partial charge on any atom is 0.224 e. The van der Waals surface area contributed by atoms with Crippen LogP contribution < -0.4 is 4.90 Å². The Morgan fingerprint density at radius 2 is 1.95 bits per heavy atom. The zero-order valence-corrected chi connectivity index (χ0v) is 13.0. The number of hydrogen-bond acceptors (Lipinski definition) is 5. The minimum absolute atomic E-state index is 0.316. The van der Waals surface area contributed by atoms with Crippen LogP contribution in [-0.2, 0) is 4.74 Å². The first kappa shape index (κ1) is 14.5. The van der Waals surface area contributed by atoms with Crippen LogP contribution in [0.3, 0.4) is 0 Å². The molecular formula is C13H18ClN3OS. The van der Waals surface area contributed by atoms with Gasteiger partial charge in [-0.2, -0.15) is 4.98 Å². The van der Waals surface area contributed by atoms with Crippen LogP contribution in [0.25, 0.3) is 10.2 Å². The lowest BCUT2D eigenvalue weighted by atomic mass is 10.3. The minimum Gasteiger partial charge on any atom is -0.378 e. The second-order valence-corrected chi connectivity index (χ2v) is 5.58. The standard InChI is InChI=1S/C11H12ClN3OS.C2H6/c1-7-6-8-9(17-7)10(14-11(12)13-8)15-2-4-16-5-3-15;1-2/h6H,2-5H2,1H3;1-2H3. The Bertz CT molecular complexity index is 552. The maximum absolute atomic E-state index is 5.98. The summed E-state index contributed by atoms with van der Waals surface area (Å²) in [6, 6.07) is 2.05. The minimum atomic E-state index is 0.316. The topological polar surface area (TPSA) is 38.2 Å². The van der Waals surface area contributed by atoms with Crippen LogP contribution in [0, 0.1) is 6.92 Å². The van der Waals surface area contributed by atoms with Crippen molar-refractivity contribution in [2.75, 3.05) is 31.2 Å². The fourth-order valence-corrected chi connectivity index (χ4v) is 3.13. The predicted molar refractivity (Wildman–Crippen MR) is 81.5 cm³/mol. The molecule has 6 heteroatoms. The Kier molecular flexibility index (Phi) is 4.96. The zero-order valence-electron chi connectivity index (χ0n) is 11.4. The monoisotopic (exact) mass is 299 g/mol. The van der Waals surface area contributed by atoms with Crippen LogP contribution in [0.1, 0.15) is 18.7 Å². The van der Waals surface area contributed by atoms with Crippen LogP contribution in [0.5, 0.6) is 0 Å². The molecule has 0 N–H and O–H groups in total. The number of rotatable bonds is 1. The van der Waals surface area contributed by atoms with E-state index in [1.54, 1.807) is 11.3 Å². The van der Waals surface area contributed by atoms with E-state index < -0.39 is 0 Å². The van der Waals surface area contributed by atoms with Gasteiger partial charge in [-0.25, -0.2) is 4.98 Å². The lowest BCUT2D eigenvalue weighted by Gasteiger charge is -2.28. The summed E-state index contributed by atoms with van der Waals surface area (Å²) < 4.78 is 6.47. The van der Waals surface area contributed by atoms with E-state index in [1.807, 2.05) is 13.8 Å². The summed E-state index contributed by atoms with van der Waals surface area (Å²) in [5.41, 5.74) is 0.939. The number of nitrogens with zero attached hydrogens (tertiary/aromatic N) is 3. The van der Waals surface area contributed by atoms with Crippen molar-refractivity contribution >= 4 is 39.0 Å². The first-order valence-electron chi connectivity index (χ1n) is 6.50. The first-order valence-corrected chi connectivity index (χ1v) is 7.70. The third kappa shape index (κ3) is 3.16. The van der Waals surface area contributed by atoms with Gasteiger partial charge in [0.2, 0.25) is 5.28 Å². The predicted octanol–water partition coefficient (Wildman–Crippen LogP) is 3.52. The molecule has 1 fully saturated rings. The molecule has 1 saturated heterocycles. The molecule has 2 aromatic rings. The van der Waals surface area contributed by atoms with Crippen molar-refractivity contribution in [2.24, 2.45) is 0 Å². The molecular weight excluding hydrogens is 282 g/mol. The molecule has 0 radical (unpaired) electrons. The van der Waals surface area contributed by atoms with Gasteiger partial charge >= 0.3 is 0 Å². The Hall–Kier alpha value is -0.910. The Morgan fingerprint density at radius 3 is 2.63 bits per heavy atom. The van der Waals surface area contributed by atoms with Crippen molar-refractivity contribution in [1.29, 1.82) is 0 Å². The van der Waals surface area contributed by atoms with Crippen LogP contribution in [-0.4, -0.2) is 36.3 Å². The second-order valence-electron chi connectivity index (χ2n) is 3.99. The Labute approximate surface area is 122 Å². The Balaban J connectivity index is 0.000000637. The number of anilines is 1. The maximum atomic E-state index is 5.98. The van der Waals surface area contributed by atoms with Gasteiger partial charge in [-0.1, -0.05) is 13.8 Å². The van der Waals surface area contributed by atoms with E-state index in [4.69, 9.17) is 16.3 Å². The number of fused-ring (bicyclic) bond motifs is 1. The number of morpholine rings is 1. The van der Waals surface area contributed by atoms with E-state index in [0.717, 1.165) is 42.3 Å². The molecule has 0 unspecified atom stereocenters. The third-order valence-corrected chi connectivity index (χ3v) is 3.96. The van der Waals surface area contributed by atoms with Gasteiger partial charge in [-0.05, 0) is 24.6 Å². The van der Waals surface area contributed by atoms with Gasteiger partial charge in [0, 0.05) is 18.0 Å². The van der Waals surface area contributed by atoms with Crippen LogP contribution in [0.2, 0.25) is 5.28 Å². The van der Waals surface area contributed by atoms with E-state index >= 15 is 0 Å². The van der Waals surface area contributed by atoms with Crippen molar-refractivity contribution < 1.29 is 4.74 Å². The van der Waals surface area contributed by atoms with E-state index in [-0.39, 0.29) is 0 Å². The van der Waals surface area contributed by atoms with E-state index in [0.29, 0.717) is 5.28 Å². The fourth-order valence-electron chi connectivity index (χ4n) is 2.00. The van der Waals surface area contributed by atoms with Crippen LogP contribution >= 0.6 is 22.9 Å². The molecule has 3 rings (SSSR count). The van der Waals surface area contributed by atoms with Gasteiger partial charge in [-0.15, -0.1) is 11.3 Å². The highest BCUT2D eigenvalue weighted by molar-refractivity contribution is 7.19. The average Bonchev–Trinajstić information content (AvgIpc) is 2.81. The van der Waals surface area contributed by atoms with Crippen molar-refractivity contribution in [3.8, 4) is 0 Å². The number of halogens is 1. The van der Waals surface area contributed by atoms with Crippen molar-refractivity contribution in [1.82, 2.24) is 9.97 Å². The van der Waals surface area contributed by atoms with Crippen molar-refractivity contribution in [2.45, 2.75) is 20.8 Å². The smallest absolute Gasteiger partial charge is 0.224 e. The number of thiophene rings is 1. The third-order valence-electron chi connectivity index (χ3n) is 2.76. The average molecular weight is 300 g/mol. The molecule has 2 aromatic heterocycles. The van der Waals surface area contributed by atoms with E-state index in [1.165, 1.54) is 4.88 Å². The highest BCUT2D eigenvalue weighted by Crippen LogP contribution is 2.32. The SMILES string of the molecule is CC.Cc1cc2nc(Cl)nc(N3CCOCC3)c2s1.